The molecule has 1 aromatic heterocycles. The molecule has 1 aliphatic carbocycles. The van der Waals surface area contributed by atoms with E-state index in [2.05, 4.69) is 10.2 Å². The minimum atomic E-state index is -0.172. The Hall–Kier alpha value is -1.76. The van der Waals surface area contributed by atoms with Crippen molar-refractivity contribution in [3.63, 3.8) is 0 Å². The Bertz CT molecular complexity index is 532. The van der Waals surface area contributed by atoms with Crippen LogP contribution < -0.4 is 5.73 Å². The summed E-state index contributed by atoms with van der Waals surface area (Å²) in [5, 5.41) is 6.92. The van der Waals surface area contributed by atoms with Crippen LogP contribution in [-0.4, -0.2) is 52.6 Å². The summed E-state index contributed by atoms with van der Waals surface area (Å²) in [4.78, 5) is 14.1. The lowest BCUT2D eigenvalue weighted by Gasteiger charge is -2.51. The maximum Gasteiger partial charge on any atom is 0.410 e. The normalized spacial score (nSPS) is 34.6. The predicted molar refractivity (Wildman–Crippen MR) is 74.7 cm³/mol. The Morgan fingerprint density at radius 3 is 2.86 bits per heavy atom. The van der Waals surface area contributed by atoms with Gasteiger partial charge in [0.1, 0.15) is 11.9 Å². The molecule has 114 valence electrons. The van der Waals surface area contributed by atoms with E-state index in [0.29, 0.717) is 24.9 Å². The molecule has 1 saturated carbocycles. The number of aromatic amines is 1. The van der Waals surface area contributed by atoms with Crippen molar-refractivity contribution < 1.29 is 14.3 Å². The highest BCUT2D eigenvalue weighted by molar-refractivity contribution is 5.70. The van der Waals surface area contributed by atoms with E-state index < -0.39 is 0 Å². The molecule has 2 unspecified atom stereocenters. The van der Waals surface area contributed by atoms with Crippen molar-refractivity contribution in [2.75, 3.05) is 18.9 Å². The molecule has 3 heterocycles. The molecule has 0 aromatic carbocycles. The van der Waals surface area contributed by atoms with Gasteiger partial charge in [-0.1, -0.05) is 0 Å². The van der Waals surface area contributed by atoms with E-state index in [1.54, 1.807) is 0 Å². The standard InChI is InChI=1S/C14H20N4O3/c15-13-5-12(16-17-13)8-1-2-11(3-8)21-14(19)18-9-4-10(18)7-20-6-9/h5,8-11H,1-4,6-7H2,(H3,15,16,17)/t8-,9?,10?,11+/m0/s1. The van der Waals surface area contributed by atoms with Gasteiger partial charge in [0.15, 0.2) is 0 Å². The summed E-state index contributed by atoms with van der Waals surface area (Å²) in [6, 6.07) is 2.31. The summed E-state index contributed by atoms with van der Waals surface area (Å²) in [6.45, 7) is 1.29. The number of H-pyrrole nitrogens is 1. The number of rotatable bonds is 2. The quantitative estimate of drug-likeness (QED) is 0.855. The number of morpholine rings is 1. The van der Waals surface area contributed by atoms with E-state index in [1.165, 1.54) is 0 Å². The SMILES string of the molecule is Nc1cc([C@H]2CC[C@@H](OC(=O)N3C4COCC3C4)C2)[nH]n1. The van der Waals surface area contributed by atoms with Gasteiger partial charge in [-0.25, -0.2) is 4.79 Å². The van der Waals surface area contributed by atoms with Crippen LogP contribution in [0.4, 0.5) is 10.6 Å². The average Bonchev–Trinajstić information content (AvgIpc) is 3.08. The molecule has 3 aliphatic rings. The molecule has 21 heavy (non-hydrogen) atoms. The van der Waals surface area contributed by atoms with E-state index in [1.807, 2.05) is 11.0 Å². The molecule has 1 aromatic rings. The molecule has 3 N–H and O–H groups in total. The van der Waals surface area contributed by atoms with Crippen LogP contribution in [0.15, 0.2) is 6.07 Å². The number of fused-ring (bicyclic) bond motifs is 2. The lowest BCUT2D eigenvalue weighted by atomic mass is 9.92. The molecule has 3 fully saturated rings. The van der Waals surface area contributed by atoms with Gasteiger partial charge >= 0.3 is 6.09 Å². The zero-order valence-electron chi connectivity index (χ0n) is 11.8. The highest BCUT2D eigenvalue weighted by Crippen LogP contribution is 2.37. The van der Waals surface area contributed by atoms with Gasteiger partial charge in [-0.05, 0) is 25.7 Å². The van der Waals surface area contributed by atoms with Gasteiger partial charge in [-0.2, -0.15) is 5.10 Å². The Morgan fingerprint density at radius 1 is 1.38 bits per heavy atom. The minimum Gasteiger partial charge on any atom is -0.446 e. The molecule has 0 spiro atoms. The van der Waals surface area contributed by atoms with Gasteiger partial charge < -0.3 is 15.2 Å². The summed E-state index contributed by atoms with van der Waals surface area (Å²) in [6.07, 6.45) is 3.61. The van der Waals surface area contributed by atoms with Crippen LogP contribution in [0, 0.1) is 0 Å². The monoisotopic (exact) mass is 292 g/mol. The van der Waals surface area contributed by atoms with E-state index in [0.717, 1.165) is 31.4 Å². The third-order valence-electron chi connectivity index (χ3n) is 4.87. The number of hydrogen-bond acceptors (Lipinski definition) is 5. The first-order valence-corrected chi connectivity index (χ1v) is 7.58. The fraction of sp³-hybridized carbons (Fsp3) is 0.714. The van der Waals surface area contributed by atoms with E-state index in [4.69, 9.17) is 15.2 Å². The largest absolute Gasteiger partial charge is 0.446 e. The number of nitrogens with two attached hydrogens (primary N) is 1. The zero-order chi connectivity index (χ0) is 14.4. The summed E-state index contributed by atoms with van der Waals surface area (Å²) in [7, 11) is 0. The van der Waals surface area contributed by atoms with Gasteiger partial charge in [-0.15, -0.1) is 0 Å². The lowest BCUT2D eigenvalue weighted by Crippen LogP contribution is -2.65. The second-order valence-electron chi connectivity index (χ2n) is 6.25. The number of nitrogens with zero attached hydrogens (tertiary/aromatic N) is 2. The van der Waals surface area contributed by atoms with Crippen LogP contribution >= 0.6 is 0 Å². The number of nitrogens with one attached hydrogen (secondary N) is 1. The average molecular weight is 292 g/mol. The summed E-state index contributed by atoms with van der Waals surface area (Å²) >= 11 is 0. The number of carbonyl (C=O) groups excluding carboxylic acids is 1. The first kappa shape index (κ1) is 12.9. The third-order valence-corrected chi connectivity index (χ3v) is 4.87. The van der Waals surface area contributed by atoms with E-state index in [9.17, 15) is 4.79 Å². The van der Waals surface area contributed by atoms with Crippen molar-refractivity contribution in [1.82, 2.24) is 15.1 Å². The maximum absolute atomic E-state index is 12.3. The zero-order valence-corrected chi connectivity index (χ0v) is 11.8. The Morgan fingerprint density at radius 2 is 2.19 bits per heavy atom. The van der Waals surface area contributed by atoms with E-state index in [-0.39, 0.29) is 24.3 Å². The van der Waals surface area contributed by atoms with Gasteiger partial charge in [-0.3, -0.25) is 10.00 Å². The predicted octanol–water partition coefficient (Wildman–Crippen LogP) is 1.24. The van der Waals surface area contributed by atoms with Crippen molar-refractivity contribution in [2.45, 2.75) is 49.8 Å². The number of nitrogen functional groups attached to an aromatic ring is 1. The Labute approximate surface area is 122 Å². The number of carbonyl (C=O) groups is 1. The molecule has 7 heteroatoms. The molecule has 4 atom stereocenters. The fourth-order valence-corrected chi connectivity index (χ4v) is 3.73. The second kappa shape index (κ2) is 4.91. The highest BCUT2D eigenvalue weighted by atomic mass is 16.6. The molecule has 2 bridgehead atoms. The molecule has 7 nitrogen and oxygen atoms in total. The van der Waals surface area contributed by atoms with Crippen LogP contribution in [0.3, 0.4) is 0 Å². The number of ether oxygens (including phenoxy) is 2. The van der Waals surface area contributed by atoms with Crippen LogP contribution in [0.25, 0.3) is 0 Å². The van der Waals surface area contributed by atoms with Crippen LogP contribution in [-0.2, 0) is 9.47 Å². The number of anilines is 1. The van der Waals surface area contributed by atoms with Crippen molar-refractivity contribution in [3.8, 4) is 0 Å². The molecule has 2 saturated heterocycles. The van der Waals surface area contributed by atoms with Gasteiger partial charge in [0.2, 0.25) is 0 Å². The van der Waals surface area contributed by atoms with Crippen LogP contribution in [0.2, 0.25) is 0 Å². The fourth-order valence-electron chi connectivity index (χ4n) is 3.73. The summed E-state index contributed by atoms with van der Waals surface area (Å²) in [5.41, 5.74) is 6.67. The molecule has 2 aliphatic heterocycles. The smallest absolute Gasteiger partial charge is 0.410 e. The highest BCUT2D eigenvalue weighted by Gasteiger charge is 2.47. The summed E-state index contributed by atoms with van der Waals surface area (Å²) < 4.78 is 11.1. The minimum absolute atomic E-state index is 0.00531. The van der Waals surface area contributed by atoms with Crippen LogP contribution in [0.1, 0.15) is 37.3 Å². The Balaban J connectivity index is 1.33. The first-order valence-electron chi connectivity index (χ1n) is 7.58. The third kappa shape index (κ3) is 2.25. The molecular weight excluding hydrogens is 272 g/mol. The second-order valence-corrected chi connectivity index (χ2v) is 6.25. The van der Waals surface area contributed by atoms with Crippen LogP contribution in [0.5, 0.6) is 0 Å². The summed E-state index contributed by atoms with van der Waals surface area (Å²) in [5.74, 6) is 0.866. The first-order chi connectivity index (χ1) is 10.2. The van der Waals surface area contributed by atoms with Crippen molar-refractivity contribution in [3.05, 3.63) is 11.8 Å². The van der Waals surface area contributed by atoms with Gasteiger partial charge in [0, 0.05) is 17.7 Å². The lowest BCUT2D eigenvalue weighted by molar-refractivity contribution is -0.117. The molecular formula is C14H20N4O3. The molecule has 0 radical (unpaired) electrons. The van der Waals surface area contributed by atoms with Crippen molar-refractivity contribution in [1.29, 1.82) is 0 Å². The van der Waals surface area contributed by atoms with Crippen molar-refractivity contribution in [2.24, 2.45) is 0 Å². The number of hydrogen-bond donors (Lipinski definition) is 2. The molecule has 4 rings (SSSR count). The van der Waals surface area contributed by atoms with E-state index >= 15 is 0 Å². The number of aromatic nitrogens is 2. The maximum atomic E-state index is 12.3. The van der Waals surface area contributed by atoms with Gasteiger partial charge in [0.25, 0.3) is 0 Å². The molecule has 1 amide bonds. The topological polar surface area (TPSA) is 93.5 Å². The van der Waals surface area contributed by atoms with Crippen molar-refractivity contribution >= 4 is 11.9 Å². The number of amides is 1. The van der Waals surface area contributed by atoms with Gasteiger partial charge in [0.05, 0.1) is 25.3 Å². The Kier molecular flexibility index (Phi) is 3.02.